The van der Waals surface area contributed by atoms with Gasteiger partial charge >= 0.3 is 0 Å². The van der Waals surface area contributed by atoms with E-state index in [1.807, 2.05) is 69.0 Å². The monoisotopic (exact) mass is 374 g/mol. The first-order valence-corrected chi connectivity index (χ1v) is 9.18. The summed E-state index contributed by atoms with van der Waals surface area (Å²) in [5.74, 6) is 1.23. The molecule has 4 aromatic rings. The second kappa shape index (κ2) is 6.92. The lowest BCUT2D eigenvalue weighted by Gasteiger charge is -2.08. The van der Waals surface area contributed by atoms with Crippen LogP contribution in [-0.2, 0) is 7.05 Å². The van der Waals surface area contributed by atoms with Crippen LogP contribution < -0.4 is 5.32 Å². The van der Waals surface area contributed by atoms with Gasteiger partial charge in [-0.05, 0) is 31.2 Å². The lowest BCUT2D eigenvalue weighted by molar-refractivity contribution is 0.0941. The van der Waals surface area contributed by atoms with Crippen molar-refractivity contribution in [3.05, 3.63) is 60.2 Å². The molecule has 0 aliphatic heterocycles. The zero-order valence-electron chi connectivity index (χ0n) is 16.3. The van der Waals surface area contributed by atoms with Crippen LogP contribution in [0.1, 0.15) is 29.9 Å². The molecule has 3 aromatic heterocycles. The number of aryl methyl sites for hydroxylation is 2. The molecule has 0 atom stereocenters. The molecule has 0 radical (unpaired) electrons. The fraction of sp³-hybridized carbons (Fsp3) is 0.238. The minimum atomic E-state index is -0.0558. The minimum absolute atomic E-state index is 0.0558. The van der Waals surface area contributed by atoms with Crippen molar-refractivity contribution in [2.75, 3.05) is 5.32 Å². The highest BCUT2D eigenvalue weighted by Crippen LogP contribution is 2.27. The third kappa shape index (κ3) is 3.26. The van der Waals surface area contributed by atoms with Crippen LogP contribution in [0.4, 0.5) is 11.6 Å². The molecule has 0 bridgehead atoms. The van der Waals surface area contributed by atoms with Gasteiger partial charge < -0.3 is 9.88 Å². The Bertz CT molecular complexity index is 1170. The summed E-state index contributed by atoms with van der Waals surface area (Å²) in [5.41, 5.74) is 3.49. The van der Waals surface area contributed by atoms with E-state index in [4.69, 9.17) is 0 Å². The van der Waals surface area contributed by atoms with Crippen LogP contribution in [0.25, 0.3) is 16.7 Å². The number of carbonyl (C=O) groups excluding carboxylic acids is 1. The zero-order valence-corrected chi connectivity index (χ0v) is 16.3. The molecule has 0 aliphatic rings. The van der Waals surface area contributed by atoms with Gasteiger partial charge in [0.15, 0.2) is 11.6 Å². The van der Waals surface area contributed by atoms with Gasteiger partial charge in [-0.1, -0.05) is 13.8 Å². The van der Waals surface area contributed by atoms with E-state index in [9.17, 15) is 4.79 Å². The van der Waals surface area contributed by atoms with E-state index in [1.165, 1.54) is 0 Å². The molecule has 0 saturated heterocycles. The maximum Gasteiger partial charge on any atom is 0.229 e. The molecule has 3 heterocycles. The standard InChI is InChI=1S/C21H22N6O/c1-13(2)20(28)17-12-26(4)18-6-5-15(11-16(17)18)23-21-22-9-7-19(24-21)27-10-8-14(3)25-27/h5-13H,1-4H3,(H,22,23,24). The van der Waals surface area contributed by atoms with Gasteiger partial charge in [-0.25, -0.2) is 9.67 Å². The van der Waals surface area contributed by atoms with Crippen LogP contribution in [0.15, 0.2) is 48.9 Å². The van der Waals surface area contributed by atoms with Gasteiger partial charge in [-0.2, -0.15) is 10.1 Å². The molecule has 0 unspecified atom stereocenters. The summed E-state index contributed by atoms with van der Waals surface area (Å²) in [4.78, 5) is 21.4. The number of anilines is 2. The number of nitrogens with zero attached hydrogens (tertiary/aromatic N) is 5. The first-order chi connectivity index (χ1) is 13.4. The topological polar surface area (TPSA) is 77.6 Å². The highest BCUT2D eigenvalue weighted by molar-refractivity contribution is 6.09. The Morgan fingerprint density at radius 2 is 2.00 bits per heavy atom. The van der Waals surface area contributed by atoms with E-state index in [0.717, 1.165) is 27.8 Å². The van der Waals surface area contributed by atoms with E-state index in [0.29, 0.717) is 11.8 Å². The molecule has 0 saturated carbocycles. The summed E-state index contributed by atoms with van der Waals surface area (Å²) < 4.78 is 3.69. The van der Waals surface area contributed by atoms with Crippen molar-refractivity contribution in [2.45, 2.75) is 20.8 Å². The smallest absolute Gasteiger partial charge is 0.229 e. The Kier molecular flexibility index (Phi) is 4.43. The molecule has 1 N–H and O–H groups in total. The summed E-state index contributed by atoms with van der Waals surface area (Å²) in [5, 5.41) is 8.53. The third-order valence-electron chi connectivity index (χ3n) is 4.63. The number of ketones is 1. The van der Waals surface area contributed by atoms with Crippen LogP contribution in [0.3, 0.4) is 0 Å². The van der Waals surface area contributed by atoms with Crippen LogP contribution in [0.5, 0.6) is 0 Å². The van der Waals surface area contributed by atoms with Crippen molar-refractivity contribution in [2.24, 2.45) is 13.0 Å². The highest BCUT2D eigenvalue weighted by atomic mass is 16.1. The van der Waals surface area contributed by atoms with Gasteiger partial charge in [-0.3, -0.25) is 4.79 Å². The Hall–Kier alpha value is -3.48. The van der Waals surface area contributed by atoms with Crippen molar-refractivity contribution in [3.63, 3.8) is 0 Å². The average molecular weight is 374 g/mol. The molecule has 142 valence electrons. The fourth-order valence-electron chi connectivity index (χ4n) is 3.19. The van der Waals surface area contributed by atoms with Gasteiger partial charge in [-0.15, -0.1) is 0 Å². The largest absolute Gasteiger partial charge is 0.350 e. The number of aromatic nitrogens is 5. The van der Waals surface area contributed by atoms with Gasteiger partial charge in [0.25, 0.3) is 0 Å². The van der Waals surface area contributed by atoms with Crippen LogP contribution >= 0.6 is 0 Å². The molecule has 4 rings (SSSR count). The number of rotatable bonds is 5. The van der Waals surface area contributed by atoms with Crippen molar-refractivity contribution in [1.82, 2.24) is 24.3 Å². The molecule has 28 heavy (non-hydrogen) atoms. The number of Topliss-reactive ketones (excluding diaryl/α,β-unsaturated/α-hetero) is 1. The second-order valence-electron chi connectivity index (χ2n) is 7.17. The molecule has 0 fully saturated rings. The van der Waals surface area contributed by atoms with Crippen molar-refractivity contribution in [3.8, 4) is 5.82 Å². The average Bonchev–Trinajstić information content (AvgIpc) is 3.25. The molecular weight excluding hydrogens is 352 g/mol. The molecule has 7 heteroatoms. The number of nitrogens with one attached hydrogen (secondary N) is 1. The van der Waals surface area contributed by atoms with E-state index >= 15 is 0 Å². The molecule has 7 nitrogen and oxygen atoms in total. The third-order valence-corrected chi connectivity index (χ3v) is 4.63. The fourth-order valence-corrected chi connectivity index (χ4v) is 3.19. The molecule has 0 amide bonds. The van der Waals surface area contributed by atoms with Gasteiger partial charge in [0.2, 0.25) is 5.95 Å². The maximum absolute atomic E-state index is 12.6. The van der Waals surface area contributed by atoms with Crippen LogP contribution in [0.2, 0.25) is 0 Å². The van der Waals surface area contributed by atoms with Crippen molar-refractivity contribution >= 4 is 28.3 Å². The Labute approximate surface area is 163 Å². The first-order valence-electron chi connectivity index (χ1n) is 9.18. The number of benzene rings is 1. The van der Waals surface area contributed by atoms with Crippen LogP contribution in [-0.4, -0.2) is 30.1 Å². The molecule has 0 spiro atoms. The lowest BCUT2D eigenvalue weighted by Crippen LogP contribution is -2.06. The molecular formula is C21H22N6O. The summed E-state index contributed by atoms with van der Waals surface area (Å²) in [6, 6.07) is 9.65. The lowest BCUT2D eigenvalue weighted by atomic mass is 10.0. The number of fused-ring (bicyclic) bond motifs is 1. The Balaban J connectivity index is 1.69. The summed E-state index contributed by atoms with van der Waals surface area (Å²) in [7, 11) is 1.95. The summed E-state index contributed by atoms with van der Waals surface area (Å²) >= 11 is 0. The maximum atomic E-state index is 12.6. The second-order valence-corrected chi connectivity index (χ2v) is 7.17. The Morgan fingerprint density at radius 1 is 1.18 bits per heavy atom. The minimum Gasteiger partial charge on any atom is -0.350 e. The number of hydrogen-bond donors (Lipinski definition) is 1. The number of hydrogen-bond acceptors (Lipinski definition) is 5. The van der Waals surface area contributed by atoms with Crippen molar-refractivity contribution in [1.29, 1.82) is 0 Å². The van der Waals surface area contributed by atoms with Crippen LogP contribution in [0, 0.1) is 12.8 Å². The van der Waals surface area contributed by atoms with E-state index < -0.39 is 0 Å². The predicted octanol–water partition coefficient (Wildman–Crippen LogP) is 4.04. The normalized spacial score (nSPS) is 11.3. The zero-order chi connectivity index (χ0) is 19.8. The SMILES string of the molecule is Cc1ccn(-c2ccnc(Nc3ccc4c(c3)c(C(=O)C(C)C)cn4C)n2)n1. The first kappa shape index (κ1) is 17.9. The van der Waals surface area contributed by atoms with E-state index in [1.54, 1.807) is 16.9 Å². The van der Waals surface area contributed by atoms with Gasteiger partial charge in [0.05, 0.1) is 5.69 Å². The quantitative estimate of drug-likeness (QED) is 0.533. The van der Waals surface area contributed by atoms with E-state index in [2.05, 4.69) is 20.4 Å². The summed E-state index contributed by atoms with van der Waals surface area (Å²) in [6.45, 7) is 5.77. The van der Waals surface area contributed by atoms with E-state index in [-0.39, 0.29) is 11.7 Å². The Morgan fingerprint density at radius 3 is 2.71 bits per heavy atom. The molecule has 0 aliphatic carbocycles. The van der Waals surface area contributed by atoms with Crippen molar-refractivity contribution < 1.29 is 4.79 Å². The molecule has 1 aromatic carbocycles. The highest BCUT2D eigenvalue weighted by Gasteiger charge is 2.17. The summed E-state index contributed by atoms with van der Waals surface area (Å²) in [6.07, 6.45) is 5.45. The van der Waals surface area contributed by atoms with Gasteiger partial charge in [0, 0.05) is 59.8 Å². The predicted molar refractivity (Wildman–Crippen MR) is 109 cm³/mol. The number of carbonyl (C=O) groups is 1. The van der Waals surface area contributed by atoms with Gasteiger partial charge in [0.1, 0.15) is 0 Å².